The molecule has 128 valence electrons. The Kier molecular flexibility index (Phi) is 4.99. The molecule has 6 nitrogen and oxygen atoms in total. The summed E-state index contributed by atoms with van der Waals surface area (Å²) in [5, 5.41) is 9.55. The van der Waals surface area contributed by atoms with Gasteiger partial charge in [0.05, 0.1) is 6.20 Å². The molecule has 1 aromatic carbocycles. The van der Waals surface area contributed by atoms with Gasteiger partial charge < -0.3 is 16.0 Å². The van der Waals surface area contributed by atoms with Crippen LogP contribution in [0.4, 0.5) is 21.7 Å². The number of hydrogen-bond donors (Lipinski definition) is 3. The van der Waals surface area contributed by atoms with E-state index in [2.05, 4.69) is 30.9 Å². The first-order valence-corrected chi connectivity index (χ1v) is 8.18. The van der Waals surface area contributed by atoms with Crippen molar-refractivity contribution >= 4 is 45.8 Å². The molecule has 3 aromatic rings. The maximum absolute atomic E-state index is 13.4. The van der Waals surface area contributed by atoms with Gasteiger partial charge in [-0.25, -0.2) is 19.3 Å². The van der Waals surface area contributed by atoms with Gasteiger partial charge in [-0.1, -0.05) is 6.07 Å². The van der Waals surface area contributed by atoms with Gasteiger partial charge in [0, 0.05) is 12.2 Å². The normalized spacial score (nSPS) is 10.5. The van der Waals surface area contributed by atoms with Crippen molar-refractivity contribution in [2.75, 3.05) is 17.2 Å². The number of fused-ring (bicyclic) bond motifs is 1. The summed E-state index contributed by atoms with van der Waals surface area (Å²) in [7, 11) is 0. The third-order valence-electron chi connectivity index (χ3n) is 3.45. The first-order chi connectivity index (χ1) is 12.0. The predicted molar refractivity (Wildman–Crippen MR) is 102 cm³/mol. The number of halogens is 1. The van der Waals surface area contributed by atoms with Crippen molar-refractivity contribution in [3.63, 3.8) is 0 Å². The summed E-state index contributed by atoms with van der Waals surface area (Å²) >= 11 is 5.15. The van der Waals surface area contributed by atoms with Gasteiger partial charge in [-0.2, -0.15) is 0 Å². The van der Waals surface area contributed by atoms with E-state index in [4.69, 9.17) is 12.2 Å². The molecule has 0 radical (unpaired) electrons. The average molecular weight is 356 g/mol. The Morgan fingerprint density at radius 1 is 1.16 bits per heavy atom. The Balaban J connectivity index is 1.87. The monoisotopic (exact) mass is 356 g/mol. The van der Waals surface area contributed by atoms with Crippen molar-refractivity contribution in [2.45, 2.75) is 13.8 Å². The highest BCUT2D eigenvalue weighted by molar-refractivity contribution is 7.80. The Morgan fingerprint density at radius 3 is 2.76 bits per heavy atom. The SMILES string of the molecule is CCNC(=S)Nc1ccc2ncc(Nc3cc(F)ccc3C)nc2n1. The lowest BCUT2D eigenvalue weighted by molar-refractivity contribution is 0.628. The van der Waals surface area contributed by atoms with Crippen molar-refractivity contribution in [1.82, 2.24) is 20.3 Å². The maximum atomic E-state index is 13.4. The zero-order chi connectivity index (χ0) is 17.8. The largest absolute Gasteiger partial charge is 0.363 e. The second-order valence-corrected chi connectivity index (χ2v) is 5.77. The van der Waals surface area contributed by atoms with E-state index in [9.17, 15) is 4.39 Å². The van der Waals surface area contributed by atoms with E-state index in [0.29, 0.717) is 33.6 Å². The van der Waals surface area contributed by atoms with E-state index in [1.54, 1.807) is 18.3 Å². The lowest BCUT2D eigenvalue weighted by Gasteiger charge is -2.10. The van der Waals surface area contributed by atoms with E-state index in [1.165, 1.54) is 12.1 Å². The van der Waals surface area contributed by atoms with Crippen LogP contribution in [0.25, 0.3) is 11.2 Å². The van der Waals surface area contributed by atoms with Crippen LogP contribution in [0.15, 0.2) is 36.5 Å². The number of hydrogen-bond acceptors (Lipinski definition) is 5. The van der Waals surface area contributed by atoms with Crippen molar-refractivity contribution in [1.29, 1.82) is 0 Å². The Morgan fingerprint density at radius 2 is 1.96 bits per heavy atom. The summed E-state index contributed by atoms with van der Waals surface area (Å²) in [5.74, 6) is 0.746. The zero-order valence-electron chi connectivity index (χ0n) is 13.8. The van der Waals surface area contributed by atoms with Crippen LogP contribution in [0.3, 0.4) is 0 Å². The van der Waals surface area contributed by atoms with Crippen LogP contribution in [0.1, 0.15) is 12.5 Å². The summed E-state index contributed by atoms with van der Waals surface area (Å²) in [5.41, 5.74) is 2.66. The second kappa shape index (κ2) is 7.35. The molecular weight excluding hydrogens is 339 g/mol. The molecule has 3 N–H and O–H groups in total. The molecule has 25 heavy (non-hydrogen) atoms. The molecule has 0 atom stereocenters. The van der Waals surface area contributed by atoms with Crippen LogP contribution in [-0.4, -0.2) is 26.6 Å². The number of nitrogens with one attached hydrogen (secondary N) is 3. The van der Waals surface area contributed by atoms with Crippen LogP contribution in [0.2, 0.25) is 0 Å². The second-order valence-electron chi connectivity index (χ2n) is 5.36. The van der Waals surface area contributed by atoms with Gasteiger partial charge >= 0.3 is 0 Å². The summed E-state index contributed by atoms with van der Waals surface area (Å²) in [6.45, 7) is 4.57. The molecule has 0 unspecified atom stereocenters. The van der Waals surface area contributed by atoms with E-state index in [-0.39, 0.29) is 5.82 Å². The molecule has 0 amide bonds. The zero-order valence-corrected chi connectivity index (χ0v) is 14.6. The summed E-state index contributed by atoms with van der Waals surface area (Å²) in [6.07, 6.45) is 1.59. The van der Waals surface area contributed by atoms with Crippen molar-refractivity contribution < 1.29 is 4.39 Å². The minimum absolute atomic E-state index is 0.316. The van der Waals surface area contributed by atoms with Crippen LogP contribution in [0, 0.1) is 12.7 Å². The number of anilines is 3. The Labute approximate surface area is 149 Å². The molecule has 0 aliphatic heterocycles. The smallest absolute Gasteiger partial charge is 0.182 e. The van der Waals surface area contributed by atoms with Crippen molar-refractivity contribution in [2.24, 2.45) is 0 Å². The fraction of sp³-hybridized carbons (Fsp3) is 0.176. The van der Waals surface area contributed by atoms with Gasteiger partial charge in [0.1, 0.15) is 17.2 Å². The average Bonchev–Trinajstić information content (AvgIpc) is 2.58. The number of pyridine rings is 1. The lowest BCUT2D eigenvalue weighted by Crippen LogP contribution is -2.28. The van der Waals surface area contributed by atoms with Gasteiger partial charge in [-0.3, -0.25) is 0 Å². The molecule has 0 aliphatic carbocycles. The molecule has 0 saturated carbocycles. The van der Waals surface area contributed by atoms with Crippen molar-refractivity contribution in [3.05, 3.63) is 47.9 Å². The highest BCUT2D eigenvalue weighted by Crippen LogP contribution is 2.21. The molecule has 2 aromatic heterocycles. The van der Waals surface area contributed by atoms with Crippen molar-refractivity contribution in [3.8, 4) is 0 Å². The van der Waals surface area contributed by atoms with Gasteiger partial charge in [0.15, 0.2) is 16.6 Å². The fourth-order valence-corrected chi connectivity index (χ4v) is 2.46. The topological polar surface area (TPSA) is 74.8 Å². The minimum Gasteiger partial charge on any atom is -0.363 e. The minimum atomic E-state index is -0.316. The maximum Gasteiger partial charge on any atom is 0.182 e. The fourth-order valence-electron chi connectivity index (χ4n) is 2.22. The van der Waals surface area contributed by atoms with Gasteiger partial charge in [-0.05, 0) is 55.9 Å². The molecule has 0 bridgehead atoms. The summed E-state index contributed by atoms with van der Waals surface area (Å²) in [4.78, 5) is 13.2. The molecule has 0 aliphatic rings. The Hall–Kier alpha value is -2.87. The van der Waals surface area contributed by atoms with E-state index >= 15 is 0 Å². The van der Waals surface area contributed by atoms with Crippen LogP contribution in [-0.2, 0) is 0 Å². The number of aromatic nitrogens is 3. The third kappa shape index (κ3) is 4.16. The standard InChI is InChI=1S/C17H17FN6S/c1-3-19-17(25)24-14-7-6-12-16(22-14)23-15(9-20-12)21-13-8-11(18)5-4-10(13)2/h4-9H,3H2,1-2H3,(H3,19,21,22,23,24,25). The molecule has 2 heterocycles. The van der Waals surface area contributed by atoms with E-state index < -0.39 is 0 Å². The van der Waals surface area contributed by atoms with Gasteiger partial charge in [-0.15, -0.1) is 0 Å². The molecular formula is C17H17FN6S. The number of nitrogens with zero attached hydrogens (tertiary/aromatic N) is 3. The molecule has 3 rings (SSSR count). The highest BCUT2D eigenvalue weighted by atomic mass is 32.1. The number of aryl methyl sites for hydroxylation is 1. The third-order valence-corrected chi connectivity index (χ3v) is 3.69. The summed E-state index contributed by atoms with van der Waals surface area (Å²) in [6, 6.07) is 8.13. The number of benzene rings is 1. The predicted octanol–water partition coefficient (Wildman–Crippen LogP) is 3.52. The molecule has 8 heteroatoms. The first kappa shape index (κ1) is 17.0. The Bertz CT molecular complexity index is 930. The van der Waals surface area contributed by atoms with Crippen LogP contribution < -0.4 is 16.0 Å². The number of thiocarbonyl (C=S) groups is 1. The number of rotatable bonds is 4. The first-order valence-electron chi connectivity index (χ1n) is 7.77. The van der Waals surface area contributed by atoms with Gasteiger partial charge in [0.2, 0.25) is 0 Å². The summed E-state index contributed by atoms with van der Waals surface area (Å²) < 4.78 is 13.4. The quantitative estimate of drug-likeness (QED) is 0.618. The molecule has 0 spiro atoms. The molecule has 0 saturated heterocycles. The lowest BCUT2D eigenvalue weighted by atomic mass is 10.2. The van der Waals surface area contributed by atoms with Crippen LogP contribution >= 0.6 is 12.2 Å². The highest BCUT2D eigenvalue weighted by Gasteiger charge is 2.06. The van der Waals surface area contributed by atoms with Gasteiger partial charge in [0.25, 0.3) is 0 Å². The van der Waals surface area contributed by atoms with Crippen LogP contribution in [0.5, 0.6) is 0 Å². The van der Waals surface area contributed by atoms with E-state index in [0.717, 1.165) is 12.1 Å². The van der Waals surface area contributed by atoms with E-state index in [1.807, 2.05) is 19.9 Å². The molecule has 0 fully saturated rings.